The summed E-state index contributed by atoms with van der Waals surface area (Å²) in [6.45, 7) is 5.42. The molecule has 7 heteroatoms. The number of halogens is 1. The van der Waals surface area contributed by atoms with E-state index in [1.54, 1.807) is 29.2 Å². The van der Waals surface area contributed by atoms with Crippen molar-refractivity contribution in [2.24, 2.45) is 5.92 Å². The molecule has 0 aliphatic carbocycles. The Labute approximate surface area is 143 Å². The van der Waals surface area contributed by atoms with Gasteiger partial charge >= 0.3 is 5.97 Å². The van der Waals surface area contributed by atoms with Gasteiger partial charge in [-0.1, -0.05) is 25.4 Å². The lowest BCUT2D eigenvalue weighted by Gasteiger charge is -2.32. The maximum absolute atomic E-state index is 12.2. The van der Waals surface area contributed by atoms with Gasteiger partial charge in [-0.05, 0) is 30.2 Å². The van der Waals surface area contributed by atoms with Crippen LogP contribution in [-0.2, 0) is 4.79 Å². The first-order valence-electron chi connectivity index (χ1n) is 7.05. The molecule has 1 aromatic heterocycles. The monoisotopic (exact) mass is 352 g/mol. The molecule has 0 spiro atoms. The van der Waals surface area contributed by atoms with Gasteiger partial charge in [-0.25, -0.2) is 9.78 Å². The van der Waals surface area contributed by atoms with Gasteiger partial charge in [-0.3, -0.25) is 4.79 Å². The van der Waals surface area contributed by atoms with E-state index in [-0.39, 0.29) is 23.6 Å². The van der Waals surface area contributed by atoms with E-state index in [1.165, 1.54) is 23.6 Å². The molecule has 0 aliphatic rings. The zero-order valence-electron chi connectivity index (χ0n) is 13.0. The molecule has 0 saturated carbocycles. The first-order valence-corrected chi connectivity index (χ1v) is 8.31. The Morgan fingerprint density at radius 3 is 2.30 bits per heavy atom. The molecule has 1 N–H and O–H groups in total. The summed E-state index contributed by atoms with van der Waals surface area (Å²) in [6.07, 6.45) is 0. The predicted molar refractivity (Wildman–Crippen MR) is 91.3 cm³/mol. The quantitative estimate of drug-likeness (QED) is 0.873. The third-order valence-electron chi connectivity index (χ3n) is 3.35. The van der Waals surface area contributed by atoms with Crippen LogP contribution in [0.3, 0.4) is 0 Å². The van der Waals surface area contributed by atoms with E-state index in [0.29, 0.717) is 15.7 Å². The Balaban J connectivity index is 2.48. The van der Waals surface area contributed by atoms with Crippen molar-refractivity contribution in [3.63, 3.8) is 0 Å². The molecule has 1 aromatic carbocycles. The molecule has 23 heavy (non-hydrogen) atoms. The standard InChI is InChI=1S/C16H17ClN2O3S/c1-9(2)14(15-18-13(8-23-15)16(21)22)19(10(3)20)12-6-4-11(17)5-7-12/h4-9,14H,1-3H3,(H,21,22). The lowest BCUT2D eigenvalue weighted by atomic mass is 10.0. The fraction of sp³-hybridized carbons (Fsp3) is 0.312. The number of aromatic nitrogens is 1. The maximum atomic E-state index is 12.2. The number of anilines is 1. The van der Waals surface area contributed by atoms with Crippen molar-refractivity contribution < 1.29 is 14.7 Å². The summed E-state index contributed by atoms with van der Waals surface area (Å²) in [6, 6.07) is 6.63. The van der Waals surface area contributed by atoms with E-state index in [1.807, 2.05) is 13.8 Å². The number of aromatic carboxylic acids is 1. The van der Waals surface area contributed by atoms with Crippen LogP contribution in [0.15, 0.2) is 29.6 Å². The van der Waals surface area contributed by atoms with E-state index in [4.69, 9.17) is 16.7 Å². The summed E-state index contributed by atoms with van der Waals surface area (Å²) in [7, 11) is 0. The van der Waals surface area contributed by atoms with Crippen LogP contribution in [0.1, 0.15) is 42.3 Å². The Bertz CT molecular complexity index is 712. The van der Waals surface area contributed by atoms with Crippen molar-refractivity contribution in [3.8, 4) is 0 Å². The van der Waals surface area contributed by atoms with Crippen molar-refractivity contribution in [2.45, 2.75) is 26.8 Å². The number of thiazole rings is 1. The summed E-state index contributed by atoms with van der Waals surface area (Å²) in [5, 5.41) is 11.7. The van der Waals surface area contributed by atoms with Gasteiger partial charge in [0.25, 0.3) is 0 Å². The predicted octanol–water partition coefficient (Wildman–Crippen LogP) is 4.24. The zero-order chi connectivity index (χ0) is 17.1. The van der Waals surface area contributed by atoms with Gasteiger partial charge in [0.15, 0.2) is 5.69 Å². The van der Waals surface area contributed by atoms with Crippen molar-refractivity contribution in [3.05, 3.63) is 45.4 Å². The number of hydrogen-bond acceptors (Lipinski definition) is 4. The minimum Gasteiger partial charge on any atom is -0.476 e. The van der Waals surface area contributed by atoms with E-state index in [2.05, 4.69) is 4.98 Å². The van der Waals surface area contributed by atoms with Gasteiger partial charge in [0.1, 0.15) is 5.01 Å². The molecular formula is C16H17ClN2O3S. The summed E-state index contributed by atoms with van der Waals surface area (Å²) in [5.41, 5.74) is 0.697. The zero-order valence-corrected chi connectivity index (χ0v) is 14.6. The SMILES string of the molecule is CC(=O)N(c1ccc(Cl)cc1)C(c1nc(C(=O)O)cs1)C(C)C. The molecule has 0 saturated heterocycles. The number of rotatable bonds is 5. The second kappa shape index (κ2) is 7.10. The van der Waals surface area contributed by atoms with Crippen LogP contribution in [0.2, 0.25) is 5.02 Å². The highest BCUT2D eigenvalue weighted by Gasteiger charge is 2.30. The average Bonchev–Trinajstić information content (AvgIpc) is 2.94. The minimum absolute atomic E-state index is 0.00439. The van der Waals surface area contributed by atoms with Gasteiger partial charge < -0.3 is 10.0 Å². The third-order valence-corrected chi connectivity index (χ3v) is 4.52. The normalized spacial score (nSPS) is 12.2. The van der Waals surface area contributed by atoms with Gasteiger partial charge in [-0.15, -0.1) is 11.3 Å². The maximum Gasteiger partial charge on any atom is 0.355 e. The number of carbonyl (C=O) groups excluding carboxylic acids is 1. The van der Waals surface area contributed by atoms with Crippen molar-refractivity contribution in [2.75, 3.05) is 4.90 Å². The molecule has 1 amide bonds. The molecule has 0 radical (unpaired) electrons. The summed E-state index contributed by atoms with van der Waals surface area (Å²) >= 11 is 7.16. The molecular weight excluding hydrogens is 336 g/mol. The average molecular weight is 353 g/mol. The number of nitrogens with zero attached hydrogens (tertiary/aromatic N) is 2. The second-order valence-corrected chi connectivity index (χ2v) is 6.76. The molecule has 1 unspecified atom stereocenters. The fourth-order valence-electron chi connectivity index (χ4n) is 2.36. The van der Waals surface area contributed by atoms with Gasteiger partial charge in [0.2, 0.25) is 5.91 Å². The molecule has 122 valence electrons. The van der Waals surface area contributed by atoms with Gasteiger partial charge in [0.05, 0.1) is 6.04 Å². The number of carbonyl (C=O) groups is 2. The van der Waals surface area contributed by atoms with Crippen LogP contribution >= 0.6 is 22.9 Å². The summed E-state index contributed by atoms with van der Waals surface area (Å²) in [4.78, 5) is 29.1. The van der Waals surface area contributed by atoms with Crippen LogP contribution in [0.5, 0.6) is 0 Å². The van der Waals surface area contributed by atoms with Crippen LogP contribution in [0.4, 0.5) is 5.69 Å². The largest absolute Gasteiger partial charge is 0.476 e. The van der Waals surface area contributed by atoms with Gasteiger partial charge in [-0.2, -0.15) is 0 Å². The topological polar surface area (TPSA) is 70.5 Å². The number of benzene rings is 1. The lowest BCUT2D eigenvalue weighted by molar-refractivity contribution is -0.117. The van der Waals surface area contributed by atoms with Crippen molar-refractivity contribution in [1.29, 1.82) is 0 Å². The van der Waals surface area contributed by atoms with E-state index in [0.717, 1.165) is 0 Å². The molecule has 0 fully saturated rings. The smallest absolute Gasteiger partial charge is 0.355 e. The van der Waals surface area contributed by atoms with Crippen molar-refractivity contribution in [1.82, 2.24) is 4.98 Å². The molecule has 2 rings (SSSR count). The summed E-state index contributed by atoms with van der Waals surface area (Å²) < 4.78 is 0. The lowest BCUT2D eigenvalue weighted by Crippen LogP contribution is -2.36. The Hall–Kier alpha value is -1.92. The Morgan fingerprint density at radius 1 is 1.26 bits per heavy atom. The molecule has 1 heterocycles. The van der Waals surface area contributed by atoms with Gasteiger partial charge in [0, 0.05) is 23.0 Å². The first-order chi connectivity index (χ1) is 10.8. The van der Waals surface area contributed by atoms with Crippen LogP contribution in [0, 0.1) is 5.92 Å². The number of carboxylic acids is 1. The molecule has 1 atom stereocenters. The molecule has 5 nitrogen and oxygen atoms in total. The minimum atomic E-state index is -1.07. The highest BCUT2D eigenvalue weighted by Crippen LogP contribution is 2.35. The molecule has 0 bridgehead atoms. The van der Waals surface area contributed by atoms with E-state index in [9.17, 15) is 9.59 Å². The number of amides is 1. The number of hydrogen-bond donors (Lipinski definition) is 1. The molecule has 0 aliphatic heterocycles. The van der Waals surface area contributed by atoms with Crippen LogP contribution in [0.25, 0.3) is 0 Å². The highest BCUT2D eigenvalue weighted by atomic mass is 35.5. The molecule has 2 aromatic rings. The number of carboxylic acid groups (broad SMARTS) is 1. The van der Waals surface area contributed by atoms with E-state index < -0.39 is 5.97 Å². The summed E-state index contributed by atoms with van der Waals surface area (Å²) in [5.74, 6) is -1.16. The Morgan fingerprint density at radius 2 is 1.87 bits per heavy atom. The highest BCUT2D eigenvalue weighted by molar-refractivity contribution is 7.10. The van der Waals surface area contributed by atoms with E-state index >= 15 is 0 Å². The third kappa shape index (κ3) is 3.89. The Kier molecular flexibility index (Phi) is 5.38. The fourth-order valence-corrected chi connectivity index (χ4v) is 3.54. The van der Waals surface area contributed by atoms with Crippen molar-refractivity contribution >= 4 is 40.5 Å². The first kappa shape index (κ1) is 17.4. The van der Waals surface area contributed by atoms with Crippen LogP contribution in [-0.4, -0.2) is 22.0 Å². The second-order valence-electron chi connectivity index (χ2n) is 5.43. The van der Waals surface area contributed by atoms with Crippen LogP contribution < -0.4 is 4.90 Å².